The second-order valence-corrected chi connectivity index (χ2v) is 6.06. The van der Waals surface area contributed by atoms with Gasteiger partial charge in [0, 0.05) is 6.04 Å². The highest BCUT2D eigenvalue weighted by molar-refractivity contribution is 5.86. The number of hydrogen-bond acceptors (Lipinski definition) is 2. The number of carbonyl (C=O) groups is 1. The third-order valence-electron chi connectivity index (χ3n) is 4.63. The maximum atomic E-state index is 12.3. The van der Waals surface area contributed by atoms with E-state index in [9.17, 15) is 4.79 Å². The predicted molar refractivity (Wildman–Crippen MR) is 69.6 cm³/mol. The smallest absolute Gasteiger partial charge is 0.240 e. The Kier molecular flexibility index (Phi) is 4.08. The van der Waals surface area contributed by atoms with Crippen molar-refractivity contribution in [2.45, 2.75) is 76.3 Å². The summed E-state index contributed by atoms with van der Waals surface area (Å²) in [5.41, 5.74) is 5.68. The molecule has 2 unspecified atom stereocenters. The normalized spacial score (nSPS) is 33.1. The number of carbonyl (C=O) groups excluding carboxylic acids is 1. The first-order valence-electron chi connectivity index (χ1n) is 7.22. The molecule has 0 spiro atoms. The van der Waals surface area contributed by atoms with Crippen molar-refractivity contribution >= 4 is 5.91 Å². The summed E-state index contributed by atoms with van der Waals surface area (Å²) in [5.74, 6) is 0.718. The highest BCUT2D eigenvalue weighted by Gasteiger charge is 2.37. The van der Waals surface area contributed by atoms with Gasteiger partial charge in [-0.05, 0) is 31.6 Å². The summed E-state index contributed by atoms with van der Waals surface area (Å²) in [4.78, 5) is 12.3. The van der Waals surface area contributed by atoms with Crippen molar-refractivity contribution in [3.8, 4) is 0 Å². The molecule has 0 saturated heterocycles. The largest absolute Gasteiger partial charge is 0.352 e. The maximum Gasteiger partial charge on any atom is 0.240 e. The number of rotatable bonds is 2. The van der Waals surface area contributed by atoms with E-state index in [1.165, 1.54) is 25.7 Å². The zero-order valence-electron chi connectivity index (χ0n) is 11.0. The summed E-state index contributed by atoms with van der Waals surface area (Å²) in [6.45, 7) is 2.24. The molecule has 2 saturated carbocycles. The van der Waals surface area contributed by atoms with Gasteiger partial charge >= 0.3 is 0 Å². The summed E-state index contributed by atoms with van der Waals surface area (Å²) < 4.78 is 0. The lowest BCUT2D eigenvalue weighted by Gasteiger charge is -2.36. The van der Waals surface area contributed by atoms with Gasteiger partial charge in [0.2, 0.25) is 5.91 Å². The van der Waals surface area contributed by atoms with E-state index in [1.807, 2.05) is 0 Å². The Morgan fingerprint density at radius 1 is 1.12 bits per heavy atom. The first-order valence-corrected chi connectivity index (χ1v) is 7.22. The molecule has 2 rings (SSSR count). The lowest BCUT2D eigenvalue weighted by molar-refractivity contribution is -0.128. The Hall–Kier alpha value is -0.570. The fraction of sp³-hybridized carbons (Fsp3) is 0.929. The SMILES string of the molecule is CC1CCCCC1NC(=O)C1(N)CCCCC1. The molecule has 2 aliphatic carbocycles. The number of nitrogens with one attached hydrogen (secondary N) is 1. The highest BCUT2D eigenvalue weighted by atomic mass is 16.2. The van der Waals surface area contributed by atoms with Crippen LogP contribution in [0.25, 0.3) is 0 Å². The molecular formula is C14H26N2O. The lowest BCUT2D eigenvalue weighted by Crippen LogP contribution is -2.58. The molecule has 0 aromatic carbocycles. The topological polar surface area (TPSA) is 55.1 Å². The second kappa shape index (κ2) is 5.38. The van der Waals surface area contributed by atoms with Gasteiger partial charge in [-0.25, -0.2) is 0 Å². The highest BCUT2D eigenvalue weighted by Crippen LogP contribution is 2.28. The summed E-state index contributed by atoms with van der Waals surface area (Å²) in [7, 11) is 0. The van der Waals surface area contributed by atoms with Crippen LogP contribution in [0.5, 0.6) is 0 Å². The van der Waals surface area contributed by atoms with E-state index < -0.39 is 5.54 Å². The minimum Gasteiger partial charge on any atom is -0.352 e. The average molecular weight is 238 g/mol. The molecule has 2 aliphatic rings. The van der Waals surface area contributed by atoms with Crippen molar-refractivity contribution in [3.63, 3.8) is 0 Å². The van der Waals surface area contributed by atoms with Crippen molar-refractivity contribution in [1.82, 2.24) is 5.32 Å². The Balaban J connectivity index is 1.90. The van der Waals surface area contributed by atoms with Crippen molar-refractivity contribution in [1.29, 1.82) is 0 Å². The standard InChI is InChI=1S/C14H26N2O/c1-11-7-3-4-8-12(11)16-13(17)14(15)9-5-2-6-10-14/h11-12H,2-10,15H2,1H3,(H,16,17). The Labute approximate surface area is 105 Å². The van der Waals surface area contributed by atoms with Crippen LogP contribution in [-0.2, 0) is 4.79 Å². The van der Waals surface area contributed by atoms with Gasteiger partial charge in [0.15, 0.2) is 0 Å². The van der Waals surface area contributed by atoms with Gasteiger partial charge in [-0.15, -0.1) is 0 Å². The molecule has 3 N–H and O–H groups in total. The Morgan fingerprint density at radius 3 is 2.41 bits per heavy atom. The monoisotopic (exact) mass is 238 g/mol. The van der Waals surface area contributed by atoms with Gasteiger partial charge in [-0.3, -0.25) is 4.79 Å². The third kappa shape index (κ3) is 3.01. The van der Waals surface area contributed by atoms with Gasteiger partial charge in [0.05, 0.1) is 5.54 Å². The van der Waals surface area contributed by atoms with Crippen molar-refractivity contribution in [2.75, 3.05) is 0 Å². The number of amides is 1. The van der Waals surface area contributed by atoms with E-state index in [-0.39, 0.29) is 5.91 Å². The van der Waals surface area contributed by atoms with Gasteiger partial charge in [-0.2, -0.15) is 0 Å². The van der Waals surface area contributed by atoms with Crippen LogP contribution in [-0.4, -0.2) is 17.5 Å². The summed E-state index contributed by atoms with van der Waals surface area (Å²) >= 11 is 0. The van der Waals surface area contributed by atoms with Crippen molar-refractivity contribution in [2.24, 2.45) is 11.7 Å². The van der Waals surface area contributed by atoms with Gasteiger partial charge < -0.3 is 11.1 Å². The molecule has 1 amide bonds. The molecule has 0 radical (unpaired) electrons. The van der Waals surface area contributed by atoms with Crippen molar-refractivity contribution in [3.05, 3.63) is 0 Å². The fourth-order valence-electron chi connectivity index (χ4n) is 3.25. The van der Waals surface area contributed by atoms with Gasteiger partial charge in [0.1, 0.15) is 0 Å². The van der Waals surface area contributed by atoms with Gasteiger partial charge in [0.25, 0.3) is 0 Å². The van der Waals surface area contributed by atoms with Crippen LogP contribution in [0.3, 0.4) is 0 Å². The zero-order chi connectivity index (χ0) is 12.3. The van der Waals surface area contributed by atoms with Crippen LogP contribution in [0.4, 0.5) is 0 Å². The van der Waals surface area contributed by atoms with E-state index in [2.05, 4.69) is 12.2 Å². The summed E-state index contributed by atoms with van der Waals surface area (Å²) in [5, 5.41) is 3.21. The zero-order valence-corrected chi connectivity index (χ0v) is 11.0. The molecule has 0 aromatic heterocycles. The van der Waals surface area contributed by atoms with Crippen LogP contribution in [0.15, 0.2) is 0 Å². The molecule has 2 atom stereocenters. The predicted octanol–water partition coefficient (Wildman–Crippen LogP) is 2.34. The van der Waals surface area contributed by atoms with Gasteiger partial charge in [-0.1, -0.05) is 39.0 Å². The molecule has 0 bridgehead atoms. The molecule has 0 heterocycles. The Bertz CT molecular complexity index is 271. The van der Waals surface area contributed by atoms with Crippen LogP contribution in [0.2, 0.25) is 0 Å². The van der Waals surface area contributed by atoms with Crippen molar-refractivity contribution < 1.29 is 4.79 Å². The molecule has 3 heteroatoms. The van der Waals surface area contributed by atoms with Crippen LogP contribution >= 0.6 is 0 Å². The Morgan fingerprint density at radius 2 is 1.76 bits per heavy atom. The summed E-state index contributed by atoms with van der Waals surface area (Å²) in [6, 6.07) is 0.360. The van der Waals surface area contributed by atoms with E-state index >= 15 is 0 Å². The van der Waals surface area contributed by atoms with Crippen LogP contribution in [0.1, 0.15) is 64.7 Å². The van der Waals surface area contributed by atoms with E-state index in [0.29, 0.717) is 12.0 Å². The first kappa shape index (κ1) is 12.9. The van der Waals surface area contributed by atoms with E-state index in [1.54, 1.807) is 0 Å². The van der Waals surface area contributed by atoms with Crippen LogP contribution in [0, 0.1) is 5.92 Å². The quantitative estimate of drug-likeness (QED) is 0.776. The molecule has 2 fully saturated rings. The minimum absolute atomic E-state index is 0.107. The van der Waals surface area contributed by atoms with E-state index in [0.717, 1.165) is 32.1 Å². The minimum atomic E-state index is -0.574. The lowest BCUT2D eigenvalue weighted by atomic mass is 9.80. The maximum absolute atomic E-state index is 12.3. The fourth-order valence-corrected chi connectivity index (χ4v) is 3.25. The second-order valence-electron chi connectivity index (χ2n) is 6.06. The third-order valence-corrected chi connectivity index (χ3v) is 4.63. The molecular weight excluding hydrogens is 212 g/mol. The molecule has 17 heavy (non-hydrogen) atoms. The number of nitrogens with two attached hydrogens (primary N) is 1. The molecule has 0 aromatic rings. The molecule has 3 nitrogen and oxygen atoms in total. The van der Waals surface area contributed by atoms with Crippen LogP contribution < -0.4 is 11.1 Å². The molecule has 98 valence electrons. The first-order chi connectivity index (χ1) is 8.12. The summed E-state index contributed by atoms with van der Waals surface area (Å²) in [6.07, 6.45) is 10.1. The molecule has 0 aliphatic heterocycles. The average Bonchev–Trinajstić information content (AvgIpc) is 2.33. The number of hydrogen-bond donors (Lipinski definition) is 2. The van der Waals surface area contributed by atoms with E-state index in [4.69, 9.17) is 5.73 Å².